The van der Waals surface area contributed by atoms with Gasteiger partial charge in [0.15, 0.2) is 0 Å². The lowest BCUT2D eigenvalue weighted by atomic mass is 9.99. The molecule has 1 aliphatic carbocycles. The Hall–Kier alpha value is -1.51. The van der Waals surface area contributed by atoms with E-state index >= 15 is 0 Å². The van der Waals surface area contributed by atoms with Crippen LogP contribution in [0.2, 0.25) is 5.02 Å². The van der Waals surface area contributed by atoms with Crippen molar-refractivity contribution in [3.8, 4) is 16.9 Å². The second kappa shape index (κ2) is 5.47. The molecule has 1 aliphatic rings. The van der Waals surface area contributed by atoms with Crippen LogP contribution in [0.5, 0.6) is 5.75 Å². The van der Waals surface area contributed by atoms with E-state index in [-0.39, 0.29) is 0 Å². The largest absolute Gasteiger partial charge is 0.495 e. The first-order valence-corrected chi connectivity index (χ1v) is 7.24. The average molecular weight is 288 g/mol. The molecule has 1 N–H and O–H groups in total. The highest BCUT2D eigenvalue weighted by molar-refractivity contribution is 6.32. The molecule has 0 aromatic heterocycles. The Morgan fingerprint density at radius 2 is 1.90 bits per heavy atom. The fourth-order valence-electron chi connectivity index (χ4n) is 2.94. The van der Waals surface area contributed by atoms with E-state index in [1.807, 2.05) is 25.2 Å². The van der Waals surface area contributed by atoms with Crippen LogP contribution in [-0.2, 0) is 6.42 Å². The van der Waals surface area contributed by atoms with E-state index < -0.39 is 0 Å². The van der Waals surface area contributed by atoms with Crippen molar-refractivity contribution in [3.05, 3.63) is 52.5 Å². The molecule has 3 heteroatoms. The van der Waals surface area contributed by atoms with Crippen molar-refractivity contribution in [2.24, 2.45) is 0 Å². The Morgan fingerprint density at radius 1 is 1.15 bits per heavy atom. The van der Waals surface area contributed by atoms with Gasteiger partial charge in [-0.3, -0.25) is 0 Å². The number of methoxy groups -OCH3 is 1. The van der Waals surface area contributed by atoms with Crippen molar-refractivity contribution in [2.45, 2.75) is 18.9 Å². The molecule has 0 saturated heterocycles. The summed E-state index contributed by atoms with van der Waals surface area (Å²) in [5, 5.41) is 4.01. The molecule has 0 saturated carbocycles. The van der Waals surface area contributed by atoms with Gasteiger partial charge in [-0.05, 0) is 54.3 Å². The number of aryl methyl sites for hydroxylation is 1. The lowest BCUT2D eigenvalue weighted by Gasteiger charge is -2.11. The summed E-state index contributed by atoms with van der Waals surface area (Å²) in [6.07, 6.45) is 2.32. The van der Waals surface area contributed by atoms with Crippen molar-refractivity contribution >= 4 is 11.6 Å². The third-order valence-corrected chi connectivity index (χ3v) is 4.37. The molecule has 2 nitrogen and oxygen atoms in total. The second-order valence-corrected chi connectivity index (χ2v) is 5.55. The van der Waals surface area contributed by atoms with E-state index in [1.165, 1.54) is 23.1 Å². The molecule has 3 rings (SSSR count). The van der Waals surface area contributed by atoms with Crippen LogP contribution in [0.25, 0.3) is 11.1 Å². The lowest BCUT2D eigenvalue weighted by molar-refractivity contribution is 0.415. The van der Waals surface area contributed by atoms with Gasteiger partial charge in [0.05, 0.1) is 12.1 Å². The fourth-order valence-corrected chi connectivity index (χ4v) is 3.13. The molecular weight excluding hydrogens is 270 g/mol. The number of ether oxygens (including phenoxy) is 1. The SMILES string of the molecule is CNC1CCc2cc(-c3ccc(Cl)c(OC)c3)ccc21. The van der Waals surface area contributed by atoms with Gasteiger partial charge in [-0.15, -0.1) is 0 Å². The molecular formula is C17H18ClNO. The topological polar surface area (TPSA) is 21.3 Å². The van der Waals surface area contributed by atoms with Crippen LogP contribution in [0.3, 0.4) is 0 Å². The number of halogens is 1. The van der Waals surface area contributed by atoms with Gasteiger partial charge in [-0.1, -0.05) is 35.9 Å². The van der Waals surface area contributed by atoms with Crippen molar-refractivity contribution in [2.75, 3.05) is 14.2 Å². The molecule has 0 spiro atoms. The third-order valence-electron chi connectivity index (χ3n) is 4.05. The van der Waals surface area contributed by atoms with Crippen LogP contribution < -0.4 is 10.1 Å². The van der Waals surface area contributed by atoms with Crippen molar-refractivity contribution in [3.63, 3.8) is 0 Å². The number of rotatable bonds is 3. The number of fused-ring (bicyclic) bond motifs is 1. The van der Waals surface area contributed by atoms with E-state index in [0.29, 0.717) is 11.1 Å². The summed E-state index contributed by atoms with van der Waals surface area (Å²) in [6, 6.07) is 13.1. The summed E-state index contributed by atoms with van der Waals surface area (Å²) in [5.74, 6) is 0.720. The fraction of sp³-hybridized carbons (Fsp3) is 0.294. The molecule has 104 valence electrons. The molecule has 1 unspecified atom stereocenters. The molecule has 0 aliphatic heterocycles. The summed E-state index contributed by atoms with van der Waals surface area (Å²) in [4.78, 5) is 0. The van der Waals surface area contributed by atoms with E-state index in [2.05, 4.69) is 23.5 Å². The van der Waals surface area contributed by atoms with Crippen LogP contribution in [-0.4, -0.2) is 14.2 Å². The van der Waals surface area contributed by atoms with E-state index in [1.54, 1.807) is 7.11 Å². The molecule has 1 atom stereocenters. The first-order chi connectivity index (χ1) is 9.72. The molecule has 0 heterocycles. The van der Waals surface area contributed by atoms with E-state index in [0.717, 1.165) is 17.7 Å². The Morgan fingerprint density at radius 3 is 2.65 bits per heavy atom. The van der Waals surface area contributed by atoms with Gasteiger partial charge < -0.3 is 10.1 Å². The Balaban J connectivity index is 2.00. The molecule has 0 radical (unpaired) electrons. The zero-order valence-electron chi connectivity index (χ0n) is 11.7. The van der Waals surface area contributed by atoms with Gasteiger partial charge in [0.2, 0.25) is 0 Å². The van der Waals surface area contributed by atoms with Crippen molar-refractivity contribution in [1.29, 1.82) is 0 Å². The summed E-state index contributed by atoms with van der Waals surface area (Å²) in [5.41, 5.74) is 5.23. The zero-order chi connectivity index (χ0) is 14.1. The van der Waals surface area contributed by atoms with Crippen LogP contribution in [0, 0.1) is 0 Å². The normalized spacial score (nSPS) is 17.1. The molecule has 2 aromatic rings. The molecule has 0 bridgehead atoms. The molecule has 0 fully saturated rings. The van der Waals surface area contributed by atoms with Gasteiger partial charge >= 0.3 is 0 Å². The Bertz CT molecular complexity index is 639. The van der Waals surface area contributed by atoms with Gasteiger partial charge in [0.25, 0.3) is 0 Å². The number of hydrogen-bond acceptors (Lipinski definition) is 2. The standard InChI is InChI=1S/C17H18ClNO/c1-19-16-8-5-13-9-11(3-6-14(13)16)12-4-7-15(18)17(10-12)20-2/h3-4,6-7,9-10,16,19H,5,8H2,1-2H3. The summed E-state index contributed by atoms with van der Waals surface area (Å²) in [7, 11) is 3.67. The lowest BCUT2D eigenvalue weighted by Crippen LogP contribution is -2.12. The van der Waals surface area contributed by atoms with Gasteiger partial charge in [0, 0.05) is 6.04 Å². The highest BCUT2D eigenvalue weighted by Gasteiger charge is 2.21. The van der Waals surface area contributed by atoms with Crippen molar-refractivity contribution < 1.29 is 4.74 Å². The highest BCUT2D eigenvalue weighted by Crippen LogP contribution is 2.35. The van der Waals surface area contributed by atoms with Crippen LogP contribution in [0.1, 0.15) is 23.6 Å². The smallest absolute Gasteiger partial charge is 0.138 e. The maximum Gasteiger partial charge on any atom is 0.138 e. The van der Waals surface area contributed by atoms with E-state index in [4.69, 9.17) is 16.3 Å². The second-order valence-electron chi connectivity index (χ2n) is 5.14. The maximum atomic E-state index is 6.08. The number of hydrogen-bond donors (Lipinski definition) is 1. The van der Waals surface area contributed by atoms with E-state index in [9.17, 15) is 0 Å². The summed E-state index contributed by atoms with van der Waals surface area (Å²) < 4.78 is 5.29. The Kier molecular flexibility index (Phi) is 3.68. The minimum atomic E-state index is 0.499. The number of nitrogens with one attached hydrogen (secondary N) is 1. The minimum Gasteiger partial charge on any atom is -0.495 e. The third kappa shape index (κ3) is 2.30. The monoisotopic (exact) mass is 287 g/mol. The number of benzene rings is 2. The average Bonchev–Trinajstić information content (AvgIpc) is 2.90. The highest BCUT2D eigenvalue weighted by atomic mass is 35.5. The molecule has 20 heavy (non-hydrogen) atoms. The van der Waals surface area contributed by atoms with Crippen LogP contribution in [0.4, 0.5) is 0 Å². The predicted octanol–water partition coefficient (Wildman–Crippen LogP) is 4.22. The summed E-state index contributed by atoms with van der Waals surface area (Å²) >= 11 is 6.08. The molecule has 0 amide bonds. The minimum absolute atomic E-state index is 0.499. The van der Waals surface area contributed by atoms with Gasteiger partial charge in [0.1, 0.15) is 5.75 Å². The van der Waals surface area contributed by atoms with Crippen LogP contribution in [0.15, 0.2) is 36.4 Å². The predicted molar refractivity (Wildman–Crippen MR) is 83.6 cm³/mol. The quantitative estimate of drug-likeness (QED) is 0.912. The summed E-state index contributed by atoms with van der Waals surface area (Å²) in [6.45, 7) is 0. The maximum absolute atomic E-state index is 6.08. The zero-order valence-corrected chi connectivity index (χ0v) is 12.5. The van der Waals surface area contributed by atoms with Gasteiger partial charge in [-0.25, -0.2) is 0 Å². The first-order valence-electron chi connectivity index (χ1n) is 6.87. The van der Waals surface area contributed by atoms with Gasteiger partial charge in [-0.2, -0.15) is 0 Å². The van der Waals surface area contributed by atoms with Crippen molar-refractivity contribution in [1.82, 2.24) is 5.32 Å². The Labute approximate surface area is 124 Å². The van der Waals surface area contributed by atoms with Crippen LogP contribution >= 0.6 is 11.6 Å². The molecule has 2 aromatic carbocycles. The first kappa shape index (κ1) is 13.5.